The van der Waals surface area contributed by atoms with Gasteiger partial charge in [0.15, 0.2) is 6.79 Å². The maximum Gasteiger partial charge on any atom is 0.251 e. The summed E-state index contributed by atoms with van der Waals surface area (Å²) < 4.78 is 24.4. The number of carbonyl (C=O) groups is 1. The Kier molecular flexibility index (Phi) is 5.31. The Bertz CT molecular complexity index is 777. The van der Waals surface area contributed by atoms with Crippen LogP contribution in [0.5, 0.6) is 5.75 Å². The van der Waals surface area contributed by atoms with Gasteiger partial charge in [0.25, 0.3) is 5.91 Å². The summed E-state index contributed by atoms with van der Waals surface area (Å²) in [6.07, 6.45) is 0. The zero-order valence-corrected chi connectivity index (χ0v) is 14.3. The molecule has 5 nitrogen and oxygen atoms in total. The predicted molar refractivity (Wildman–Crippen MR) is 91.7 cm³/mol. The molecule has 1 aliphatic heterocycles. The first-order valence-corrected chi connectivity index (χ1v) is 8.06. The first-order valence-electron chi connectivity index (χ1n) is 8.06. The van der Waals surface area contributed by atoms with Gasteiger partial charge < -0.3 is 19.7 Å². The van der Waals surface area contributed by atoms with E-state index in [9.17, 15) is 9.18 Å². The van der Waals surface area contributed by atoms with Gasteiger partial charge >= 0.3 is 0 Å². The Morgan fingerprint density at radius 3 is 2.92 bits per heavy atom. The van der Waals surface area contributed by atoms with Crippen LogP contribution in [-0.4, -0.2) is 31.7 Å². The van der Waals surface area contributed by atoms with E-state index in [1.54, 1.807) is 6.07 Å². The molecule has 0 spiro atoms. The Morgan fingerprint density at radius 1 is 1.28 bits per heavy atom. The lowest BCUT2D eigenvalue weighted by molar-refractivity contribution is -0.0173. The van der Waals surface area contributed by atoms with Crippen LogP contribution < -0.4 is 10.1 Å². The highest BCUT2D eigenvalue weighted by molar-refractivity contribution is 5.94. The Morgan fingerprint density at radius 2 is 2.12 bits per heavy atom. The van der Waals surface area contributed by atoms with Crippen molar-refractivity contribution in [3.05, 3.63) is 64.5 Å². The molecule has 2 aromatic carbocycles. The topological polar surface area (TPSA) is 50.8 Å². The second-order valence-electron chi connectivity index (χ2n) is 6.28. The molecule has 0 saturated heterocycles. The summed E-state index contributed by atoms with van der Waals surface area (Å²) in [7, 11) is 3.95. The first-order chi connectivity index (χ1) is 12.0. The number of hydrogen-bond acceptors (Lipinski definition) is 4. The van der Waals surface area contributed by atoms with Gasteiger partial charge in [-0.3, -0.25) is 4.79 Å². The van der Waals surface area contributed by atoms with Crippen molar-refractivity contribution in [3.63, 3.8) is 0 Å². The molecule has 0 saturated carbocycles. The zero-order chi connectivity index (χ0) is 17.8. The van der Waals surface area contributed by atoms with Gasteiger partial charge in [0.2, 0.25) is 0 Å². The minimum atomic E-state index is -0.370. The molecule has 0 aliphatic carbocycles. The van der Waals surface area contributed by atoms with Crippen molar-refractivity contribution in [2.75, 3.05) is 20.9 Å². The second kappa shape index (κ2) is 7.63. The summed E-state index contributed by atoms with van der Waals surface area (Å²) in [4.78, 5) is 14.5. The fourth-order valence-corrected chi connectivity index (χ4v) is 2.84. The van der Waals surface area contributed by atoms with Crippen molar-refractivity contribution in [1.82, 2.24) is 10.2 Å². The van der Waals surface area contributed by atoms with Crippen LogP contribution in [-0.2, 0) is 24.4 Å². The van der Waals surface area contributed by atoms with Gasteiger partial charge in [0.1, 0.15) is 11.6 Å². The van der Waals surface area contributed by atoms with E-state index in [4.69, 9.17) is 9.47 Å². The average molecular weight is 344 g/mol. The molecule has 0 aromatic heterocycles. The third-order valence-corrected chi connectivity index (χ3v) is 3.88. The third kappa shape index (κ3) is 4.35. The lowest BCUT2D eigenvalue weighted by Gasteiger charge is -2.21. The lowest BCUT2D eigenvalue weighted by atomic mass is 10.1. The van der Waals surface area contributed by atoms with Crippen LogP contribution in [0.2, 0.25) is 0 Å². The summed E-state index contributed by atoms with van der Waals surface area (Å²) in [5, 5.41) is 2.83. The van der Waals surface area contributed by atoms with Crippen molar-refractivity contribution in [1.29, 1.82) is 0 Å². The smallest absolute Gasteiger partial charge is 0.251 e. The van der Waals surface area contributed by atoms with Crippen molar-refractivity contribution in [2.24, 2.45) is 0 Å². The maximum absolute atomic E-state index is 13.7. The van der Waals surface area contributed by atoms with Gasteiger partial charge in [0.05, 0.1) is 6.61 Å². The van der Waals surface area contributed by atoms with Crippen LogP contribution in [0, 0.1) is 5.82 Å². The fraction of sp³-hybridized carbons (Fsp3) is 0.316. The molecule has 1 N–H and O–H groups in total. The SMILES string of the molecule is CN(C)Cc1cccc(C(=O)NCc2cc(F)cc3c2OCOC3)c1. The monoisotopic (exact) mass is 344 g/mol. The standard InChI is InChI=1S/C19H21FN2O3/c1-22(2)10-13-4-3-5-14(6-13)19(23)21-9-15-7-17(20)8-16-11-24-12-25-18(15)16/h3-8H,9-12H2,1-2H3,(H,21,23). The molecule has 132 valence electrons. The number of carbonyl (C=O) groups excluding carboxylic acids is 1. The van der Waals surface area contributed by atoms with E-state index >= 15 is 0 Å². The highest BCUT2D eigenvalue weighted by Gasteiger charge is 2.17. The van der Waals surface area contributed by atoms with Crippen LogP contribution in [0.25, 0.3) is 0 Å². The van der Waals surface area contributed by atoms with Crippen molar-refractivity contribution >= 4 is 5.91 Å². The average Bonchev–Trinajstić information content (AvgIpc) is 2.59. The van der Waals surface area contributed by atoms with E-state index in [1.807, 2.05) is 37.2 Å². The third-order valence-electron chi connectivity index (χ3n) is 3.88. The van der Waals surface area contributed by atoms with E-state index in [-0.39, 0.29) is 25.1 Å². The normalized spacial score (nSPS) is 13.3. The van der Waals surface area contributed by atoms with Gasteiger partial charge in [-0.1, -0.05) is 12.1 Å². The number of benzene rings is 2. The molecule has 0 atom stereocenters. The van der Waals surface area contributed by atoms with Crippen LogP contribution >= 0.6 is 0 Å². The van der Waals surface area contributed by atoms with Crippen molar-refractivity contribution in [2.45, 2.75) is 19.7 Å². The van der Waals surface area contributed by atoms with Gasteiger partial charge in [-0.25, -0.2) is 4.39 Å². The van der Waals surface area contributed by atoms with Gasteiger partial charge in [-0.2, -0.15) is 0 Å². The summed E-state index contributed by atoms with van der Waals surface area (Å²) in [5.74, 6) is 0.0186. The lowest BCUT2D eigenvalue weighted by Crippen LogP contribution is -2.24. The largest absolute Gasteiger partial charge is 0.467 e. The Hall–Kier alpha value is -2.44. The summed E-state index contributed by atoms with van der Waals surface area (Å²) >= 11 is 0. The molecular formula is C19H21FN2O3. The molecule has 6 heteroatoms. The molecule has 0 radical (unpaired) electrons. The molecule has 1 amide bonds. The van der Waals surface area contributed by atoms with Crippen LogP contribution in [0.15, 0.2) is 36.4 Å². The highest BCUT2D eigenvalue weighted by atomic mass is 19.1. The predicted octanol–water partition coefficient (Wildman–Crippen LogP) is 2.68. The molecule has 1 heterocycles. The van der Waals surface area contributed by atoms with Crippen molar-refractivity contribution < 1.29 is 18.7 Å². The molecule has 0 bridgehead atoms. The highest BCUT2D eigenvalue weighted by Crippen LogP contribution is 2.29. The number of nitrogens with one attached hydrogen (secondary N) is 1. The van der Waals surface area contributed by atoms with Crippen molar-refractivity contribution in [3.8, 4) is 5.75 Å². The molecular weight excluding hydrogens is 323 g/mol. The van der Waals surface area contributed by atoms with E-state index in [0.717, 1.165) is 12.1 Å². The second-order valence-corrected chi connectivity index (χ2v) is 6.28. The van der Waals surface area contributed by atoms with E-state index < -0.39 is 0 Å². The minimum Gasteiger partial charge on any atom is -0.467 e. The number of amides is 1. The number of nitrogens with zero attached hydrogens (tertiary/aromatic N) is 1. The number of fused-ring (bicyclic) bond motifs is 1. The summed E-state index contributed by atoms with van der Waals surface area (Å²) in [6.45, 7) is 1.38. The molecule has 2 aromatic rings. The molecule has 0 unspecified atom stereocenters. The minimum absolute atomic E-state index is 0.131. The molecule has 3 rings (SSSR count). The summed E-state index contributed by atoms with van der Waals surface area (Å²) in [6, 6.07) is 10.2. The van der Waals surface area contributed by atoms with E-state index in [1.165, 1.54) is 12.1 Å². The van der Waals surface area contributed by atoms with Crippen LogP contribution in [0.4, 0.5) is 4.39 Å². The number of ether oxygens (including phenoxy) is 2. The fourth-order valence-electron chi connectivity index (χ4n) is 2.84. The molecule has 25 heavy (non-hydrogen) atoms. The van der Waals surface area contributed by atoms with Gasteiger partial charge in [-0.05, 0) is 43.9 Å². The van der Waals surface area contributed by atoms with E-state index in [2.05, 4.69) is 5.32 Å². The number of rotatable bonds is 5. The zero-order valence-electron chi connectivity index (χ0n) is 14.3. The number of halogens is 1. The first kappa shape index (κ1) is 17.4. The quantitative estimate of drug-likeness (QED) is 0.906. The Labute approximate surface area is 146 Å². The van der Waals surface area contributed by atoms with Gasteiger partial charge in [-0.15, -0.1) is 0 Å². The van der Waals surface area contributed by atoms with Crippen LogP contribution in [0.1, 0.15) is 27.0 Å². The Balaban J connectivity index is 1.72. The summed E-state index contributed by atoms with van der Waals surface area (Å²) in [5.41, 5.74) is 2.90. The van der Waals surface area contributed by atoms with Gasteiger partial charge in [0, 0.05) is 29.8 Å². The molecule has 0 fully saturated rings. The number of hydrogen-bond donors (Lipinski definition) is 1. The molecule has 1 aliphatic rings. The maximum atomic E-state index is 13.7. The van der Waals surface area contributed by atoms with E-state index in [0.29, 0.717) is 29.0 Å². The van der Waals surface area contributed by atoms with Crippen LogP contribution in [0.3, 0.4) is 0 Å².